The van der Waals surface area contributed by atoms with Gasteiger partial charge in [0, 0.05) is 34.6 Å². The van der Waals surface area contributed by atoms with Gasteiger partial charge in [0.2, 0.25) is 5.91 Å². The standard InChI is InChI=1S/C24H30Cl2N2O2/c1-2-30-23-11-4-3-7-18(23)8-6-14-27-24(29)19-12-15-28(16-13-19)17-20-21(25)9-5-10-22(20)26/h3-5,7,9-11,19H,2,6,8,12-17H2,1H3,(H,27,29). The molecule has 1 N–H and O–H groups in total. The lowest BCUT2D eigenvalue weighted by molar-refractivity contribution is -0.126. The van der Waals surface area contributed by atoms with Crippen molar-refractivity contribution in [3.8, 4) is 5.75 Å². The number of amides is 1. The highest BCUT2D eigenvalue weighted by atomic mass is 35.5. The first kappa shape index (κ1) is 22.9. The van der Waals surface area contributed by atoms with Crippen LogP contribution in [0.15, 0.2) is 42.5 Å². The summed E-state index contributed by atoms with van der Waals surface area (Å²) < 4.78 is 5.67. The zero-order chi connectivity index (χ0) is 21.3. The minimum absolute atomic E-state index is 0.0821. The molecular formula is C24H30Cl2N2O2. The van der Waals surface area contributed by atoms with Crippen LogP contribution in [-0.2, 0) is 17.8 Å². The minimum Gasteiger partial charge on any atom is -0.494 e. The van der Waals surface area contributed by atoms with Crippen LogP contribution in [0.5, 0.6) is 5.75 Å². The summed E-state index contributed by atoms with van der Waals surface area (Å²) in [6.07, 6.45) is 3.52. The Hall–Kier alpha value is -1.75. The van der Waals surface area contributed by atoms with E-state index in [0.717, 1.165) is 56.6 Å². The lowest BCUT2D eigenvalue weighted by Crippen LogP contribution is -2.40. The van der Waals surface area contributed by atoms with Crippen LogP contribution in [0.3, 0.4) is 0 Å². The van der Waals surface area contributed by atoms with Crippen molar-refractivity contribution >= 4 is 29.1 Å². The number of piperidine rings is 1. The maximum Gasteiger partial charge on any atom is 0.223 e. The Morgan fingerprint density at radius 3 is 2.50 bits per heavy atom. The zero-order valence-corrected chi connectivity index (χ0v) is 19.0. The highest BCUT2D eigenvalue weighted by Gasteiger charge is 2.25. The van der Waals surface area contributed by atoms with Gasteiger partial charge in [-0.1, -0.05) is 47.5 Å². The molecule has 1 saturated heterocycles. The number of carbonyl (C=O) groups is 1. The number of hydrogen-bond donors (Lipinski definition) is 1. The molecular weight excluding hydrogens is 419 g/mol. The summed E-state index contributed by atoms with van der Waals surface area (Å²) in [6, 6.07) is 13.7. The van der Waals surface area contributed by atoms with E-state index in [-0.39, 0.29) is 11.8 Å². The van der Waals surface area contributed by atoms with E-state index in [2.05, 4.69) is 16.3 Å². The van der Waals surface area contributed by atoms with Crippen molar-refractivity contribution in [2.24, 2.45) is 5.92 Å². The zero-order valence-electron chi connectivity index (χ0n) is 17.5. The highest BCUT2D eigenvalue weighted by Crippen LogP contribution is 2.27. The largest absolute Gasteiger partial charge is 0.494 e. The Balaban J connectivity index is 1.38. The van der Waals surface area contributed by atoms with E-state index in [4.69, 9.17) is 27.9 Å². The van der Waals surface area contributed by atoms with Gasteiger partial charge in [0.1, 0.15) is 5.75 Å². The Bertz CT molecular complexity index is 815. The number of benzene rings is 2. The van der Waals surface area contributed by atoms with Gasteiger partial charge in [-0.25, -0.2) is 0 Å². The number of rotatable bonds is 9. The molecule has 2 aromatic carbocycles. The van der Waals surface area contributed by atoms with Crippen molar-refractivity contribution in [1.29, 1.82) is 0 Å². The van der Waals surface area contributed by atoms with Crippen molar-refractivity contribution in [2.75, 3.05) is 26.2 Å². The quantitative estimate of drug-likeness (QED) is 0.525. The average Bonchev–Trinajstić information content (AvgIpc) is 2.75. The maximum absolute atomic E-state index is 12.6. The Kier molecular flexibility index (Phi) is 8.86. The first-order chi connectivity index (χ1) is 14.6. The fourth-order valence-electron chi connectivity index (χ4n) is 3.90. The third-order valence-corrected chi connectivity index (χ3v) is 6.30. The number of ether oxygens (including phenoxy) is 1. The highest BCUT2D eigenvalue weighted by molar-refractivity contribution is 6.35. The summed E-state index contributed by atoms with van der Waals surface area (Å²) in [4.78, 5) is 14.9. The molecule has 3 rings (SSSR count). The Labute approximate surface area is 189 Å². The van der Waals surface area contributed by atoms with Gasteiger partial charge in [-0.2, -0.15) is 0 Å². The molecule has 4 nitrogen and oxygen atoms in total. The fourth-order valence-corrected chi connectivity index (χ4v) is 4.42. The summed E-state index contributed by atoms with van der Waals surface area (Å²) in [5, 5.41) is 4.52. The lowest BCUT2D eigenvalue weighted by atomic mass is 9.95. The van der Waals surface area contributed by atoms with Crippen LogP contribution in [-0.4, -0.2) is 37.0 Å². The van der Waals surface area contributed by atoms with Gasteiger partial charge < -0.3 is 10.1 Å². The first-order valence-electron chi connectivity index (χ1n) is 10.7. The van der Waals surface area contributed by atoms with Crippen LogP contribution < -0.4 is 10.1 Å². The van der Waals surface area contributed by atoms with Crippen molar-refractivity contribution in [3.05, 3.63) is 63.6 Å². The molecule has 1 aliphatic heterocycles. The molecule has 1 aliphatic rings. The van der Waals surface area contributed by atoms with E-state index < -0.39 is 0 Å². The molecule has 2 aromatic rings. The van der Waals surface area contributed by atoms with Gasteiger partial charge in [-0.3, -0.25) is 9.69 Å². The number of hydrogen-bond acceptors (Lipinski definition) is 3. The molecule has 0 spiro atoms. The summed E-state index contributed by atoms with van der Waals surface area (Å²) in [5.74, 6) is 1.19. The van der Waals surface area contributed by atoms with E-state index >= 15 is 0 Å². The van der Waals surface area contributed by atoms with Crippen LogP contribution >= 0.6 is 23.2 Å². The molecule has 1 fully saturated rings. The molecule has 0 aromatic heterocycles. The van der Waals surface area contributed by atoms with Gasteiger partial charge in [-0.05, 0) is 69.5 Å². The summed E-state index contributed by atoms with van der Waals surface area (Å²) in [7, 11) is 0. The summed E-state index contributed by atoms with van der Waals surface area (Å²) in [6.45, 7) is 5.82. The van der Waals surface area contributed by atoms with E-state index in [9.17, 15) is 4.79 Å². The van der Waals surface area contributed by atoms with Crippen LogP contribution in [0, 0.1) is 5.92 Å². The fraction of sp³-hybridized carbons (Fsp3) is 0.458. The van der Waals surface area contributed by atoms with Gasteiger partial charge >= 0.3 is 0 Å². The smallest absolute Gasteiger partial charge is 0.223 e. The van der Waals surface area contributed by atoms with Crippen molar-refractivity contribution < 1.29 is 9.53 Å². The van der Waals surface area contributed by atoms with Gasteiger partial charge in [-0.15, -0.1) is 0 Å². The maximum atomic E-state index is 12.6. The van der Waals surface area contributed by atoms with E-state index in [1.165, 1.54) is 5.56 Å². The second kappa shape index (κ2) is 11.6. The van der Waals surface area contributed by atoms with Gasteiger partial charge in [0.05, 0.1) is 6.61 Å². The minimum atomic E-state index is 0.0821. The third kappa shape index (κ3) is 6.37. The van der Waals surface area contributed by atoms with Gasteiger partial charge in [0.15, 0.2) is 0 Å². The molecule has 1 amide bonds. The Morgan fingerprint density at radius 1 is 1.10 bits per heavy atom. The van der Waals surface area contributed by atoms with Crippen LogP contribution in [0.1, 0.15) is 37.3 Å². The van der Waals surface area contributed by atoms with E-state index in [1.807, 2.05) is 43.3 Å². The molecule has 0 aliphatic carbocycles. The number of likely N-dealkylation sites (tertiary alicyclic amines) is 1. The molecule has 6 heteroatoms. The number of nitrogens with zero attached hydrogens (tertiary/aromatic N) is 1. The molecule has 1 heterocycles. The van der Waals surface area contributed by atoms with Crippen LogP contribution in [0.2, 0.25) is 10.0 Å². The topological polar surface area (TPSA) is 41.6 Å². The summed E-state index contributed by atoms with van der Waals surface area (Å²) in [5.41, 5.74) is 2.16. The summed E-state index contributed by atoms with van der Waals surface area (Å²) >= 11 is 12.6. The van der Waals surface area contributed by atoms with Crippen LogP contribution in [0.25, 0.3) is 0 Å². The third-order valence-electron chi connectivity index (χ3n) is 5.60. The number of nitrogens with one attached hydrogen (secondary N) is 1. The van der Waals surface area contributed by atoms with Crippen molar-refractivity contribution in [2.45, 2.75) is 39.2 Å². The van der Waals surface area contributed by atoms with Crippen molar-refractivity contribution in [3.63, 3.8) is 0 Å². The average molecular weight is 449 g/mol. The number of halogens is 2. The SMILES string of the molecule is CCOc1ccccc1CCCNC(=O)C1CCN(Cc2c(Cl)cccc2Cl)CC1. The molecule has 30 heavy (non-hydrogen) atoms. The molecule has 0 bridgehead atoms. The molecule has 0 saturated carbocycles. The molecule has 0 atom stereocenters. The number of carbonyl (C=O) groups excluding carboxylic acids is 1. The van der Waals surface area contributed by atoms with E-state index in [0.29, 0.717) is 23.2 Å². The molecule has 0 unspecified atom stereocenters. The molecule has 162 valence electrons. The van der Waals surface area contributed by atoms with Crippen LogP contribution in [0.4, 0.5) is 0 Å². The normalized spacial score (nSPS) is 15.2. The second-order valence-corrected chi connectivity index (χ2v) is 8.50. The Morgan fingerprint density at radius 2 is 1.80 bits per heavy atom. The first-order valence-corrected chi connectivity index (χ1v) is 11.5. The predicted molar refractivity (Wildman–Crippen MR) is 123 cm³/mol. The second-order valence-electron chi connectivity index (χ2n) is 7.69. The van der Waals surface area contributed by atoms with Gasteiger partial charge in [0.25, 0.3) is 0 Å². The number of aryl methyl sites for hydroxylation is 1. The van der Waals surface area contributed by atoms with E-state index in [1.54, 1.807) is 0 Å². The predicted octanol–water partition coefficient (Wildman–Crippen LogP) is 5.35. The molecule has 0 radical (unpaired) electrons. The van der Waals surface area contributed by atoms with Crippen molar-refractivity contribution in [1.82, 2.24) is 10.2 Å². The lowest BCUT2D eigenvalue weighted by Gasteiger charge is -2.31. The monoisotopic (exact) mass is 448 g/mol. The number of para-hydroxylation sites is 1.